The Kier molecular flexibility index (Phi) is 134. The van der Waals surface area contributed by atoms with E-state index < -0.39 is 0 Å². The third-order valence-electron chi connectivity index (χ3n) is 0. The fraction of sp³-hybridized carbons (Fsp3) is 0. The van der Waals surface area contributed by atoms with E-state index in [9.17, 15) is 0 Å². The maximum Gasteiger partial charge on any atom is 0.316 e. The van der Waals surface area contributed by atoms with E-state index in [2.05, 4.69) is 0 Å². The van der Waals surface area contributed by atoms with Crippen LogP contribution in [-0.4, -0.2) is 60.8 Å². The largest absolute Gasteiger partial charge is 0.316 e. The Bertz CT molecular complexity index is 6.00. The van der Waals surface area contributed by atoms with Gasteiger partial charge in [-0.05, 0) is 0 Å². The van der Waals surface area contributed by atoms with Crippen molar-refractivity contribution >= 4 is 85.6 Å². The van der Waals surface area contributed by atoms with Crippen molar-refractivity contribution in [2.45, 2.75) is 0 Å². The molecular formula is H6CaCl2Mg. The first-order valence-electron chi connectivity index (χ1n) is 0. The second-order valence-electron chi connectivity index (χ2n) is 0. The summed E-state index contributed by atoms with van der Waals surface area (Å²) in [7, 11) is 0. The standard InChI is InChI=1S/Ca.2ClH.Mg.4H/h;2*1H;;;;;. The van der Waals surface area contributed by atoms with Gasteiger partial charge in [-0.15, -0.1) is 24.8 Å². The fourth-order valence-corrected chi connectivity index (χ4v) is 0. The van der Waals surface area contributed by atoms with Crippen LogP contribution >= 0.6 is 24.8 Å². The van der Waals surface area contributed by atoms with Crippen LogP contribution in [0.25, 0.3) is 0 Å². The smallest absolute Gasteiger partial charge is 0.316 e. The van der Waals surface area contributed by atoms with Crippen LogP contribution in [0, 0.1) is 0 Å². The van der Waals surface area contributed by atoms with E-state index in [1.807, 2.05) is 0 Å². The minimum Gasteiger partial charge on any atom is 0.316 e. The topological polar surface area (TPSA) is 0 Å². The normalized spacial score (nSPS) is 0. The molecule has 0 radical (unpaired) electrons. The third-order valence-corrected chi connectivity index (χ3v) is 0. The molecule has 0 aromatic rings. The van der Waals surface area contributed by atoms with Crippen LogP contribution in [0.2, 0.25) is 0 Å². The van der Waals surface area contributed by atoms with Crippen molar-refractivity contribution in [3.8, 4) is 0 Å². The molecule has 0 saturated heterocycles. The van der Waals surface area contributed by atoms with E-state index in [0.717, 1.165) is 0 Å². The molecular weight excluding hydrogens is 135 g/mol. The number of hydrogen-bond acceptors (Lipinski definition) is 0. The van der Waals surface area contributed by atoms with Gasteiger partial charge in [0.05, 0.1) is 0 Å². The van der Waals surface area contributed by atoms with Crippen molar-refractivity contribution in [3.05, 3.63) is 0 Å². The van der Waals surface area contributed by atoms with E-state index in [-0.39, 0.29) is 85.6 Å². The average Bonchev–Trinajstić information content (AvgIpc) is 0. The zero-order chi connectivity index (χ0) is 0. The van der Waals surface area contributed by atoms with Crippen molar-refractivity contribution in [1.82, 2.24) is 0 Å². The summed E-state index contributed by atoms with van der Waals surface area (Å²) in [5.41, 5.74) is 0. The SMILES string of the molecule is Cl.Cl.[CaH2].[MgH2]. The molecule has 0 fully saturated rings. The summed E-state index contributed by atoms with van der Waals surface area (Å²) in [5.74, 6) is 0. The minimum absolute atomic E-state index is 0. The van der Waals surface area contributed by atoms with Gasteiger partial charge in [-0.3, -0.25) is 0 Å². The van der Waals surface area contributed by atoms with Gasteiger partial charge in [-0.25, -0.2) is 0 Å². The van der Waals surface area contributed by atoms with Gasteiger partial charge in [0.25, 0.3) is 0 Å². The molecule has 0 bridgehead atoms. The zero-order valence-corrected chi connectivity index (χ0v) is 2.45. The molecule has 0 atom stereocenters. The van der Waals surface area contributed by atoms with Gasteiger partial charge in [0, 0.05) is 0 Å². The molecule has 0 aromatic carbocycles. The maximum atomic E-state index is 0. The summed E-state index contributed by atoms with van der Waals surface area (Å²) in [5, 5.41) is 0. The van der Waals surface area contributed by atoms with Crippen LogP contribution in [0.5, 0.6) is 0 Å². The van der Waals surface area contributed by atoms with Gasteiger partial charge in [-0.2, -0.15) is 0 Å². The second kappa shape index (κ2) is 17.5. The molecule has 4 heteroatoms. The molecule has 4 heavy (non-hydrogen) atoms. The number of hydrogen-bond donors (Lipinski definition) is 0. The van der Waals surface area contributed by atoms with Crippen molar-refractivity contribution in [2.75, 3.05) is 0 Å². The monoisotopic (exact) mass is 140 g/mol. The molecule has 0 N–H and O–H groups in total. The molecule has 0 nitrogen and oxygen atoms in total. The molecule has 0 aromatic heterocycles. The van der Waals surface area contributed by atoms with Crippen LogP contribution in [-0.2, 0) is 0 Å². The third kappa shape index (κ3) is 8.82. The first-order valence-corrected chi connectivity index (χ1v) is 0. The van der Waals surface area contributed by atoms with Gasteiger partial charge in [0.1, 0.15) is 0 Å². The summed E-state index contributed by atoms with van der Waals surface area (Å²) in [6, 6.07) is 0. The zero-order valence-electron chi connectivity index (χ0n) is 0.816. The second-order valence-corrected chi connectivity index (χ2v) is 0. The molecule has 0 rings (SSSR count). The average molecular weight is 141 g/mol. The summed E-state index contributed by atoms with van der Waals surface area (Å²) in [6.45, 7) is 0. The van der Waals surface area contributed by atoms with Crippen LogP contribution in [0.1, 0.15) is 0 Å². The van der Waals surface area contributed by atoms with Gasteiger partial charge in [0.2, 0.25) is 0 Å². The summed E-state index contributed by atoms with van der Waals surface area (Å²) >= 11 is 0. The van der Waals surface area contributed by atoms with Gasteiger partial charge in [0.15, 0.2) is 0 Å². The van der Waals surface area contributed by atoms with Crippen molar-refractivity contribution in [3.63, 3.8) is 0 Å². The van der Waals surface area contributed by atoms with Gasteiger partial charge < -0.3 is 0 Å². The molecule has 0 spiro atoms. The molecule has 0 aliphatic rings. The Hall–Kier alpha value is 2.61. The predicted molar refractivity (Wildman–Crippen MR) is 31.6 cm³/mol. The predicted octanol–water partition coefficient (Wildman–Crippen LogP) is -0.989. The molecule has 0 aliphatic carbocycles. The molecule has 0 unspecified atom stereocenters. The van der Waals surface area contributed by atoms with Crippen LogP contribution in [0.15, 0.2) is 0 Å². The Morgan fingerprint density at radius 2 is 0.750 bits per heavy atom. The summed E-state index contributed by atoms with van der Waals surface area (Å²) in [4.78, 5) is 0. The van der Waals surface area contributed by atoms with E-state index in [0.29, 0.717) is 0 Å². The van der Waals surface area contributed by atoms with E-state index in [1.54, 1.807) is 0 Å². The van der Waals surface area contributed by atoms with Crippen molar-refractivity contribution in [1.29, 1.82) is 0 Å². The van der Waals surface area contributed by atoms with Gasteiger partial charge in [-0.1, -0.05) is 0 Å². The van der Waals surface area contributed by atoms with Crippen LogP contribution in [0.4, 0.5) is 0 Å². The van der Waals surface area contributed by atoms with Gasteiger partial charge >= 0.3 is 60.8 Å². The van der Waals surface area contributed by atoms with E-state index in [1.165, 1.54) is 0 Å². The maximum absolute atomic E-state index is 0. The first-order chi connectivity index (χ1) is 0. The summed E-state index contributed by atoms with van der Waals surface area (Å²) in [6.07, 6.45) is 0. The minimum atomic E-state index is 0. The van der Waals surface area contributed by atoms with Crippen molar-refractivity contribution in [2.24, 2.45) is 0 Å². The van der Waals surface area contributed by atoms with E-state index in [4.69, 9.17) is 0 Å². The Balaban J connectivity index is 0. The number of halogens is 2. The first kappa shape index (κ1) is 30.6. The Morgan fingerprint density at radius 3 is 0.750 bits per heavy atom. The van der Waals surface area contributed by atoms with Crippen molar-refractivity contribution < 1.29 is 0 Å². The molecule has 0 aliphatic heterocycles. The van der Waals surface area contributed by atoms with Crippen LogP contribution in [0.3, 0.4) is 0 Å². The van der Waals surface area contributed by atoms with E-state index >= 15 is 0 Å². The quantitative estimate of drug-likeness (QED) is 0.380. The fourth-order valence-electron chi connectivity index (χ4n) is 0. The Morgan fingerprint density at radius 1 is 0.750 bits per heavy atom. The van der Waals surface area contributed by atoms with Crippen LogP contribution < -0.4 is 0 Å². The Labute approximate surface area is 84.1 Å². The summed E-state index contributed by atoms with van der Waals surface area (Å²) < 4.78 is 0. The molecule has 0 heterocycles. The number of rotatable bonds is 0. The molecule has 24 valence electrons. The molecule has 0 amide bonds. The molecule has 0 saturated carbocycles.